The van der Waals surface area contributed by atoms with Crippen LogP contribution in [0.4, 0.5) is 0 Å². The van der Waals surface area contributed by atoms with Gasteiger partial charge in [0.2, 0.25) is 5.91 Å². The smallest absolute Gasteiger partial charge is 0.220 e. The number of H-pyrrole nitrogens is 1. The molecular weight excluding hydrogens is 300 g/mol. The fraction of sp³-hybridized carbons (Fsp3) is 0.368. The molecule has 0 aliphatic rings. The molecule has 0 aliphatic heterocycles. The van der Waals surface area contributed by atoms with E-state index < -0.39 is 0 Å². The van der Waals surface area contributed by atoms with Crippen molar-refractivity contribution in [1.29, 1.82) is 0 Å². The van der Waals surface area contributed by atoms with Crippen LogP contribution in [-0.2, 0) is 17.8 Å². The van der Waals surface area contributed by atoms with Crippen molar-refractivity contribution in [2.75, 3.05) is 0 Å². The van der Waals surface area contributed by atoms with Gasteiger partial charge in [-0.2, -0.15) is 5.10 Å². The van der Waals surface area contributed by atoms with Gasteiger partial charge < -0.3 is 10.3 Å². The highest BCUT2D eigenvalue weighted by atomic mass is 16.1. The predicted molar refractivity (Wildman–Crippen MR) is 95.7 cm³/mol. The molecule has 0 radical (unpaired) electrons. The van der Waals surface area contributed by atoms with Gasteiger partial charge in [0.25, 0.3) is 0 Å². The van der Waals surface area contributed by atoms with E-state index in [0.717, 1.165) is 30.6 Å². The number of aromatic amines is 1. The minimum absolute atomic E-state index is 0.0203. The Balaban J connectivity index is 1.51. The number of aromatic nitrogens is 3. The van der Waals surface area contributed by atoms with Gasteiger partial charge in [0, 0.05) is 36.3 Å². The number of nitrogens with one attached hydrogen (secondary N) is 2. The van der Waals surface area contributed by atoms with Gasteiger partial charge in [-0.25, -0.2) is 0 Å². The molecule has 2 N–H and O–H groups in total. The van der Waals surface area contributed by atoms with Crippen molar-refractivity contribution >= 4 is 16.8 Å². The summed E-state index contributed by atoms with van der Waals surface area (Å²) >= 11 is 0. The van der Waals surface area contributed by atoms with Crippen molar-refractivity contribution in [2.24, 2.45) is 0 Å². The summed E-state index contributed by atoms with van der Waals surface area (Å²) in [5.41, 5.74) is 3.47. The molecule has 126 valence electrons. The zero-order valence-corrected chi connectivity index (χ0v) is 14.2. The summed E-state index contributed by atoms with van der Waals surface area (Å²) in [5.74, 6) is 0.0891. The van der Waals surface area contributed by atoms with Crippen molar-refractivity contribution in [3.63, 3.8) is 0 Å². The fourth-order valence-corrected chi connectivity index (χ4v) is 3.14. The van der Waals surface area contributed by atoms with E-state index in [2.05, 4.69) is 27.5 Å². The number of carbonyl (C=O) groups is 1. The van der Waals surface area contributed by atoms with Gasteiger partial charge in [-0.1, -0.05) is 18.2 Å². The summed E-state index contributed by atoms with van der Waals surface area (Å²) in [6, 6.07) is 10.2. The highest BCUT2D eigenvalue weighted by Crippen LogP contribution is 2.19. The Hall–Kier alpha value is -2.56. The average molecular weight is 324 g/mol. The zero-order chi connectivity index (χ0) is 16.9. The number of rotatable bonds is 7. The van der Waals surface area contributed by atoms with E-state index in [9.17, 15) is 4.79 Å². The first-order chi connectivity index (χ1) is 11.7. The Kier molecular flexibility index (Phi) is 4.99. The summed E-state index contributed by atoms with van der Waals surface area (Å²) in [6.45, 7) is 4.86. The summed E-state index contributed by atoms with van der Waals surface area (Å²) in [5, 5.41) is 8.56. The fourth-order valence-electron chi connectivity index (χ4n) is 3.14. The third-order valence-electron chi connectivity index (χ3n) is 4.39. The normalized spacial score (nSPS) is 12.4. The first-order valence-electron chi connectivity index (χ1n) is 8.55. The lowest BCUT2D eigenvalue weighted by atomic mass is 10.1. The van der Waals surface area contributed by atoms with Gasteiger partial charge in [0.15, 0.2) is 0 Å². The van der Waals surface area contributed by atoms with Crippen LogP contribution in [0.2, 0.25) is 0 Å². The summed E-state index contributed by atoms with van der Waals surface area (Å²) < 4.78 is 1.91. The molecule has 5 nitrogen and oxygen atoms in total. The number of amides is 1. The molecule has 0 bridgehead atoms. The van der Waals surface area contributed by atoms with Gasteiger partial charge in [0.1, 0.15) is 0 Å². The van der Waals surface area contributed by atoms with Crippen molar-refractivity contribution in [2.45, 2.75) is 45.7 Å². The molecule has 0 aliphatic carbocycles. The molecule has 1 atom stereocenters. The van der Waals surface area contributed by atoms with Crippen LogP contribution in [0.3, 0.4) is 0 Å². The number of benzene rings is 1. The van der Waals surface area contributed by atoms with Gasteiger partial charge in [-0.15, -0.1) is 0 Å². The minimum atomic E-state index is -0.0203. The molecule has 1 amide bonds. The number of nitrogens with zero attached hydrogens (tertiary/aromatic N) is 2. The van der Waals surface area contributed by atoms with Crippen LogP contribution in [0.5, 0.6) is 0 Å². The summed E-state index contributed by atoms with van der Waals surface area (Å²) in [7, 11) is 0. The van der Waals surface area contributed by atoms with Crippen LogP contribution in [0.1, 0.15) is 44.0 Å². The van der Waals surface area contributed by atoms with E-state index in [1.165, 1.54) is 10.9 Å². The Morgan fingerprint density at radius 3 is 3.00 bits per heavy atom. The second kappa shape index (κ2) is 7.34. The summed E-state index contributed by atoms with van der Waals surface area (Å²) in [6.07, 6.45) is 6.10. The third kappa shape index (κ3) is 3.50. The number of fused-ring (bicyclic) bond motifs is 1. The molecule has 1 aromatic carbocycles. The van der Waals surface area contributed by atoms with E-state index in [-0.39, 0.29) is 11.9 Å². The lowest BCUT2D eigenvalue weighted by molar-refractivity contribution is -0.121. The molecule has 5 heteroatoms. The maximum atomic E-state index is 12.2. The second-order valence-corrected chi connectivity index (χ2v) is 6.07. The number of hydrogen-bond acceptors (Lipinski definition) is 2. The zero-order valence-electron chi connectivity index (χ0n) is 14.2. The number of para-hydroxylation sites is 1. The van der Waals surface area contributed by atoms with E-state index >= 15 is 0 Å². The lowest BCUT2D eigenvalue weighted by Gasteiger charge is -2.15. The third-order valence-corrected chi connectivity index (χ3v) is 4.39. The maximum Gasteiger partial charge on any atom is 0.220 e. The predicted octanol–water partition coefficient (Wildman–Crippen LogP) is 3.58. The molecule has 0 saturated carbocycles. The first-order valence-corrected chi connectivity index (χ1v) is 8.55. The average Bonchev–Trinajstić information content (AvgIpc) is 3.21. The largest absolute Gasteiger partial charge is 0.361 e. The Morgan fingerprint density at radius 1 is 1.33 bits per heavy atom. The Morgan fingerprint density at radius 2 is 2.17 bits per heavy atom. The molecule has 0 saturated heterocycles. The molecule has 2 aromatic heterocycles. The molecule has 2 heterocycles. The van der Waals surface area contributed by atoms with E-state index in [1.54, 1.807) is 6.20 Å². The molecular formula is C19H24N4O. The van der Waals surface area contributed by atoms with Gasteiger partial charge in [0.05, 0.1) is 11.7 Å². The molecule has 3 aromatic rings. The Labute approximate surface area is 142 Å². The summed E-state index contributed by atoms with van der Waals surface area (Å²) in [4.78, 5) is 15.5. The van der Waals surface area contributed by atoms with Gasteiger partial charge in [-0.3, -0.25) is 9.48 Å². The van der Waals surface area contributed by atoms with E-state index in [1.807, 2.05) is 42.9 Å². The number of carbonyl (C=O) groups excluding carboxylic acids is 1. The van der Waals surface area contributed by atoms with Crippen LogP contribution >= 0.6 is 0 Å². The first kappa shape index (κ1) is 16.3. The van der Waals surface area contributed by atoms with Crippen molar-refractivity contribution in [3.8, 4) is 0 Å². The molecule has 0 spiro atoms. The van der Waals surface area contributed by atoms with Crippen LogP contribution in [0.15, 0.2) is 42.7 Å². The molecule has 24 heavy (non-hydrogen) atoms. The minimum Gasteiger partial charge on any atom is -0.361 e. The quantitative estimate of drug-likeness (QED) is 0.698. The van der Waals surface area contributed by atoms with E-state index in [4.69, 9.17) is 0 Å². The van der Waals surface area contributed by atoms with Crippen molar-refractivity contribution in [3.05, 3.63) is 54.0 Å². The highest BCUT2D eigenvalue weighted by Gasteiger charge is 2.13. The lowest BCUT2D eigenvalue weighted by Crippen LogP contribution is -2.28. The van der Waals surface area contributed by atoms with Crippen LogP contribution in [0, 0.1) is 0 Å². The monoisotopic (exact) mass is 324 g/mol. The molecule has 0 fully saturated rings. The SMILES string of the molecule is CCn1nccc1C(C)NC(=O)CCCc1c[nH]c2ccccc12. The number of hydrogen-bond donors (Lipinski definition) is 2. The maximum absolute atomic E-state index is 12.2. The van der Waals surface area contributed by atoms with Gasteiger partial charge in [-0.05, 0) is 44.4 Å². The standard InChI is InChI=1S/C19H24N4O/c1-3-23-18(11-12-21-23)14(2)22-19(24)10-6-7-15-13-20-17-9-5-4-8-16(15)17/h4-5,8-9,11-14,20H,3,6-7,10H2,1-2H3,(H,22,24). The second-order valence-electron chi connectivity index (χ2n) is 6.07. The van der Waals surface area contributed by atoms with E-state index in [0.29, 0.717) is 6.42 Å². The molecule has 3 rings (SSSR count). The van der Waals surface area contributed by atoms with Crippen molar-refractivity contribution in [1.82, 2.24) is 20.1 Å². The van der Waals surface area contributed by atoms with Crippen molar-refractivity contribution < 1.29 is 4.79 Å². The highest BCUT2D eigenvalue weighted by molar-refractivity contribution is 5.83. The van der Waals surface area contributed by atoms with Gasteiger partial charge >= 0.3 is 0 Å². The Bertz CT molecular complexity index is 818. The van der Waals surface area contributed by atoms with Crippen LogP contribution in [-0.4, -0.2) is 20.7 Å². The topological polar surface area (TPSA) is 62.7 Å². The van der Waals surface area contributed by atoms with Crippen LogP contribution in [0.25, 0.3) is 10.9 Å². The van der Waals surface area contributed by atoms with Crippen LogP contribution < -0.4 is 5.32 Å². The number of aryl methyl sites for hydroxylation is 2. The molecule has 1 unspecified atom stereocenters.